The van der Waals surface area contributed by atoms with Gasteiger partial charge < -0.3 is 30.5 Å². The minimum atomic E-state index is -0.487. The summed E-state index contributed by atoms with van der Waals surface area (Å²) in [4.78, 5) is 19.4. The van der Waals surface area contributed by atoms with Crippen LogP contribution in [0.3, 0.4) is 0 Å². The normalized spacial score (nSPS) is 22.8. The number of ether oxygens (including phenoxy) is 2. The molecule has 2 spiro atoms. The number of hydrogen-bond acceptors (Lipinski definition) is 8. The third kappa shape index (κ3) is 3.30. The van der Waals surface area contributed by atoms with Crippen LogP contribution < -0.4 is 26.5 Å². The molecular formula is C34H30N4O4. The summed E-state index contributed by atoms with van der Waals surface area (Å²) < 4.78 is 11.3. The van der Waals surface area contributed by atoms with Crippen LogP contribution in [-0.2, 0) is 14.3 Å². The number of carbonyl (C=O) groups is 1. The Bertz CT molecular complexity index is 2020. The highest BCUT2D eigenvalue weighted by molar-refractivity contribution is 6.52. The average molecular weight is 559 g/mol. The van der Waals surface area contributed by atoms with Crippen LogP contribution in [0.2, 0.25) is 0 Å². The van der Waals surface area contributed by atoms with Crippen molar-refractivity contribution in [1.29, 1.82) is 0 Å². The zero-order valence-electron chi connectivity index (χ0n) is 23.0. The molecule has 4 aromatic carbocycles. The number of allylic oxidation sites excluding steroid dienone is 2. The molecule has 42 heavy (non-hydrogen) atoms. The Hall–Kier alpha value is -4.40. The molecule has 4 N–H and O–H groups in total. The molecule has 5 aliphatic rings. The number of aliphatic hydroxyl groups is 1. The fourth-order valence-electron chi connectivity index (χ4n) is 7.44. The van der Waals surface area contributed by atoms with Crippen LogP contribution in [0.1, 0.15) is 31.2 Å². The molecule has 4 aromatic rings. The molecule has 1 aliphatic carbocycles. The second kappa shape index (κ2) is 8.56. The van der Waals surface area contributed by atoms with Gasteiger partial charge in [0.05, 0.1) is 48.6 Å². The highest BCUT2D eigenvalue weighted by Crippen LogP contribution is 2.48. The van der Waals surface area contributed by atoms with E-state index >= 15 is 0 Å². The summed E-state index contributed by atoms with van der Waals surface area (Å²) in [5, 5.41) is 28.4. The summed E-state index contributed by atoms with van der Waals surface area (Å²) in [6, 6.07) is 20.3. The molecule has 0 bridgehead atoms. The van der Waals surface area contributed by atoms with E-state index in [1.54, 1.807) is 0 Å². The predicted molar refractivity (Wildman–Crippen MR) is 163 cm³/mol. The summed E-state index contributed by atoms with van der Waals surface area (Å²) in [6.07, 6.45) is 3.06. The monoisotopic (exact) mass is 558 g/mol. The molecule has 9 rings (SSSR count). The number of nitrogens with zero attached hydrogens (tertiary/aromatic N) is 1. The number of Topliss-reactive ketones (excluding diaryl/α,β-unsaturated/α-hetero) is 1. The van der Waals surface area contributed by atoms with Gasteiger partial charge in [-0.25, -0.2) is 0 Å². The molecule has 0 amide bonds. The summed E-state index contributed by atoms with van der Waals surface area (Å²) in [5.41, 5.74) is 3.47. The SMILES string of the molecule is O=C1C(c2ccc3cccc4c3c2NC2(CCOCC2)N4)=C(O)/C1=c1/ccc2cccc3c2c1=NC1(CCOCC1)N3. The van der Waals surface area contributed by atoms with Crippen molar-refractivity contribution in [2.24, 2.45) is 4.99 Å². The highest BCUT2D eigenvalue weighted by atomic mass is 16.5. The first-order valence-corrected chi connectivity index (χ1v) is 14.8. The van der Waals surface area contributed by atoms with Crippen molar-refractivity contribution < 1.29 is 19.4 Å². The third-order valence-corrected chi connectivity index (χ3v) is 9.63. The summed E-state index contributed by atoms with van der Waals surface area (Å²) >= 11 is 0. The van der Waals surface area contributed by atoms with Crippen LogP contribution in [0.25, 0.3) is 32.7 Å². The fourth-order valence-corrected chi connectivity index (χ4v) is 7.44. The first-order valence-electron chi connectivity index (χ1n) is 14.8. The number of ketones is 1. The quantitative estimate of drug-likeness (QED) is 0.271. The maximum Gasteiger partial charge on any atom is 0.201 e. The zero-order valence-corrected chi connectivity index (χ0v) is 23.0. The highest BCUT2D eigenvalue weighted by Gasteiger charge is 2.42. The van der Waals surface area contributed by atoms with E-state index in [-0.39, 0.29) is 17.2 Å². The molecule has 2 fully saturated rings. The predicted octanol–water partition coefficient (Wildman–Crippen LogP) is 4.59. The van der Waals surface area contributed by atoms with Crippen LogP contribution in [0, 0.1) is 0 Å². The molecule has 8 nitrogen and oxygen atoms in total. The number of aliphatic hydroxyl groups excluding tert-OH is 1. The van der Waals surface area contributed by atoms with E-state index in [1.165, 1.54) is 0 Å². The molecule has 8 heteroatoms. The number of rotatable bonds is 1. The molecule has 0 radical (unpaired) electrons. The lowest BCUT2D eigenvalue weighted by Crippen LogP contribution is -2.52. The van der Waals surface area contributed by atoms with Gasteiger partial charge in [-0.3, -0.25) is 9.79 Å². The summed E-state index contributed by atoms with van der Waals surface area (Å²) in [6.45, 7) is 2.54. The number of benzene rings is 4. The molecule has 0 atom stereocenters. The number of nitrogens with one attached hydrogen (secondary N) is 3. The van der Waals surface area contributed by atoms with E-state index < -0.39 is 5.66 Å². The maximum absolute atomic E-state index is 14.1. The van der Waals surface area contributed by atoms with E-state index in [4.69, 9.17) is 14.5 Å². The van der Waals surface area contributed by atoms with Gasteiger partial charge >= 0.3 is 0 Å². The van der Waals surface area contributed by atoms with Gasteiger partial charge in [-0.15, -0.1) is 0 Å². The Labute approximate surface area is 241 Å². The largest absolute Gasteiger partial charge is 0.506 e. The molecule has 2 saturated heterocycles. The van der Waals surface area contributed by atoms with Crippen molar-refractivity contribution in [2.75, 3.05) is 42.4 Å². The Morgan fingerprint density at radius 1 is 0.714 bits per heavy atom. The van der Waals surface area contributed by atoms with E-state index in [9.17, 15) is 9.90 Å². The Kier molecular flexibility index (Phi) is 4.94. The molecule has 210 valence electrons. The van der Waals surface area contributed by atoms with E-state index in [1.807, 2.05) is 36.4 Å². The lowest BCUT2D eigenvalue weighted by Gasteiger charge is -2.44. The molecule has 0 saturated carbocycles. The van der Waals surface area contributed by atoms with Gasteiger partial charge in [0.25, 0.3) is 0 Å². The molecular weight excluding hydrogens is 528 g/mol. The van der Waals surface area contributed by atoms with E-state index in [0.717, 1.165) is 75.2 Å². The van der Waals surface area contributed by atoms with Crippen molar-refractivity contribution in [3.05, 3.63) is 82.6 Å². The van der Waals surface area contributed by atoms with Crippen LogP contribution >= 0.6 is 0 Å². The van der Waals surface area contributed by atoms with Gasteiger partial charge in [-0.05, 0) is 22.9 Å². The van der Waals surface area contributed by atoms with Gasteiger partial charge in [0.2, 0.25) is 5.78 Å². The topological polar surface area (TPSA) is 104 Å². The molecule has 0 aromatic heterocycles. The van der Waals surface area contributed by atoms with Gasteiger partial charge in [0, 0.05) is 58.6 Å². The average Bonchev–Trinajstić information content (AvgIpc) is 3.00. The summed E-state index contributed by atoms with van der Waals surface area (Å²) in [7, 11) is 0. The van der Waals surface area contributed by atoms with Crippen molar-refractivity contribution in [3.63, 3.8) is 0 Å². The molecule has 4 heterocycles. The Morgan fingerprint density at radius 3 is 2.12 bits per heavy atom. The molecule has 0 unspecified atom stereocenters. The molecule has 4 aliphatic heterocycles. The van der Waals surface area contributed by atoms with Gasteiger partial charge in [-0.1, -0.05) is 48.5 Å². The van der Waals surface area contributed by atoms with Gasteiger partial charge in [-0.2, -0.15) is 0 Å². The first-order chi connectivity index (χ1) is 20.5. The Morgan fingerprint density at radius 2 is 1.38 bits per heavy atom. The minimum absolute atomic E-state index is 0.0253. The Balaban J connectivity index is 1.27. The van der Waals surface area contributed by atoms with Crippen LogP contribution in [0.15, 0.2) is 71.4 Å². The smallest absolute Gasteiger partial charge is 0.201 e. The zero-order chi connectivity index (χ0) is 28.1. The van der Waals surface area contributed by atoms with Gasteiger partial charge in [0.15, 0.2) is 0 Å². The van der Waals surface area contributed by atoms with Gasteiger partial charge in [0.1, 0.15) is 17.1 Å². The van der Waals surface area contributed by atoms with E-state index in [0.29, 0.717) is 42.8 Å². The number of anilines is 3. The lowest BCUT2D eigenvalue weighted by molar-refractivity contribution is -0.109. The minimum Gasteiger partial charge on any atom is -0.506 e. The standard InChI is InChI=1S/C34H30N4O4/c39-31-27(21-9-7-19-3-1-5-23-25(19)29(21)37-33(35-23)11-15-41-16-12-33)32(40)28(31)22-10-8-20-4-2-6-24-26(20)30(22)38-34(36-24)13-17-42-18-14-34/h1-10,35-37,39H,11-18H2/b28-22+. The van der Waals surface area contributed by atoms with Crippen molar-refractivity contribution in [3.8, 4) is 0 Å². The van der Waals surface area contributed by atoms with Crippen molar-refractivity contribution >= 4 is 55.5 Å². The van der Waals surface area contributed by atoms with Crippen LogP contribution in [-0.4, -0.2) is 48.6 Å². The lowest BCUT2D eigenvalue weighted by atomic mass is 9.79. The third-order valence-electron chi connectivity index (χ3n) is 9.63. The number of hydrogen-bond donors (Lipinski definition) is 4. The summed E-state index contributed by atoms with van der Waals surface area (Å²) in [5.74, 6) is -0.137. The first kappa shape index (κ1) is 24.2. The second-order valence-electron chi connectivity index (χ2n) is 12.0. The fraction of sp³-hybridized carbons (Fsp3) is 0.294. The van der Waals surface area contributed by atoms with Crippen LogP contribution in [0.5, 0.6) is 0 Å². The second-order valence-corrected chi connectivity index (χ2v) is 12.0. The number of carbonyl (C=O) groups excluding carboxylic acids is 1. The van der Waals surface area contributed by atoms with Crippen LogP contribution in [0.4, 0.5) is 17.1 Å². The van der Waals surface area contributed by atoms with Crippen molar-refractivity contribution in [2.45, 2.75) is 37.0 Å². The van der Waals surface area contributed by atoms with E-state index in [2.05, 4.69) is 40.2 Å². The maximum atomic E-state index is 14.1. The van der Waals surface area contributed by atoms with Crippen molar-refractivity contribution in [1.82, 2.24) is 0 Å².